The molecule has 1 amide bonds. The maximum atomic E-state index is 12.6. The third kappa shape index (κ3) is 8.22. The number of alkyl halides is 3. The van der Waals surface area contributed by atoms with E-state index in [1.165, 1.54) is 6.07 Å². The Morgan fingerprint density at radius 2 is 1.83 bits per heavy atom. The maximum Gasteiger partial charge on any atom is 0.573 e. The Bertz CT molecular complexity index is 1980. The summed E-state index contributed by atoms with van der Waals surface area (Å²) in [6.07, 6.45) is 2.52. The SMILES string of the molecule is COc1ccc(CNc2ncnc3c2ccn3[C@@H]2C[C@H](CN(C)C3CC(CCC(=O)Nc4ccc(OC(F)(F)F)cc4N)C3)[C@H]3OC(C)(C)O[C@H]32)c(C)c1. The second-order valence-electron chi connectivity index (χ2n) is 15.3. The quantitative estimate of drug-likeness (QED) is 0.122. The van der Waals surface area contributed by atoms with Gasteiger partial charge in [0.1, 0.15) is 35.4 Å². The summed E-state index contributed by atoms with van der Waals surface area (Å²) in [6.45, 7) is 7.48. The van der Waals surface area contributed by atoms with Gasteiger partial charge in [-0.25, -0.2) is 9.97 Å². The van der Waals surface area contributed by atoms with Gasteiger partial charge in [-0.3, -0.25) is 4.79 Å². The Hall–Kier alpha value is -4.60. The number of benzene rings is 2. The summed E-state index contributed by atoms with van der Waals surface area (Å²) in [5, 5.41) is 7.17. The van der Waals surface area contributed by atoms with Gasteiger partial charge in [0.15, 0.2) is 5.79 Å². The van der Waals surface area contributed by atoms with Gasteiger partial charge in [0.05, 0.1) is 36.0 Å². The van der Waals surface area contributed by atoms with Crippen LogP contribution in [0.5, 0.6) is 11.5 Å². The Balaban J connectivity index is 0.936. The molecule has 4 N–H and O–H groups in total. The maximum absolute atomic E-state index is 12.6. The number of carbonyl (C=O) groups excluding carboxylic acids is 1. The number of methoxy groups -OCH3 is 1. The summed E-state index contributed by atoms with van der Waals surface area (Å²) in [5.41, 5.74) is 9.27. The number of nitrogen functional groups attached to an aromatic ring is 1. The number of anilines is 3. The summed E-state index contributed by atoms with van der Waals surface area (Å²) < 4.78 is 62.1. The van der Waals surface area contributed by atoms with E-state index in [1.54, 1.807) is 13.4 Å². The number of hydrogen-bond donors (Lipinski definition) is 3. The van der Waals surface area contributed by atoms with Crippen molar-refractivity contribution in [2.24, 2.45) is 11.8 Å². The predicted octanol–water partition coefficient (Wildman–Crippen LogP) is 7.05. The molecule has 1 saturated heterocycles. The molecule has 2 saturated carbocycles. The minimum absolute atomic E-state index is 0.00247. The highest BCUT2D eigenvalue weighted by Crippen LogP contribution is 2.49. The lowest BCUT2D eigenvalue weighted by Gasteiger charge is -2.42. The van der Waals surface area contributed by atoms with E-state index in [-0.39, 0.29) is 41.4 Å². The molecular weight excluding hydrogens is 703 g/mol. The first kappa shape index (κ1) is 37.7. The largest absolute Gasteiger partial charge is 0.573 e. The number of rotatable bonds is 13. The van der Waals surface area contributed by atoms with Gasteiger partial charge in [0.2, 0.25) is 5.91 Å². The van der Waals surface area contributed by atoms with Gasteiger partial charge in [0, 0.05) is 43.7 Å². The zero-order chi connectivity index (χ0) is 38.4. The number of nitrogens with one attached hydrogen (secondary N) is 2. The molecule has 12 nitrogen and oxygen atoms in total. The van der Waals surface area contributed by atoms with E-state index in [0.29, 0.717) is 31.3 Å². The normalized spacial score (nSPS) is 24.7. The van der Waals surface area contributed by atoms with Crippen LogP contribution in [0.15, 0.2) is 55.0 Å². The van der Waals surface area contributed by atoms with E-state index in [2.05, 4.69) is 62.1 Å². The van der Waals surface area contributed by atoms with E-state index in [0.717, 1.165) is 71.7 Å². The molecule has 54 heavy (non-hydrogen) atoms. The van der Waals surface area contributed by atoms with Crippen molar-refractivity contribution in [2.45, 2.75) is 95.9 Å². The minimum Gasteiger partial charge on any atom is -0.497 e. The zero-order valence-electron chi connectivity index (χ0n) is 31.2. The van der Waals surface area contributed by atoms with Crippen LogP contribution in [0, 0.1) is 18.8 Å². The van der Waals surface area contributed by atoms with Gasteiger partial charge < -0.3 is 44.8 Å². The van der Waals surface area contributed by atoms with Crippen LogP contribution in [-0.2, 0) is 20.8 Å². The van der Waals surface area contributed by atoms with Crippen molar-refractivity contribution in [3.8, 4) is 11.5 Å². The Morgan fingerprint density at radius 3 is 2.56 bits per heavy atom. The van der Waals surface area contributed by atoms with E-state index < -0.39 is 17.9 Å². The number of nitrogens with two attached hydrogens (primary N) is 1. The number of aryl methyl sites for hydroxylation is 1. The molecule has 1 aliphatic heterocycles. The monoisotopic (exact) mass is 751 g/mol. The Kier molecular flexibility index (Phi) is 10.4. The van der Waals surface area contributed by atoms with Crippen molar-refractivity contribution in [3.05, 3.63) is 66.1 Å². The fourth-order valence-electron chi connectivity index (χ4n) is 8.27. The number of nitrogens with zero attached hydrogens (tertiary/aromatic N) is 4. The van der Waals surface area contributed by atoms with Crippen molar-refractivity contribution < 1.29 is 36.9 Å². The number of amides is 1. The highest BCUT2D eigenvalue weighted by Gasteiger charge is 2.55. The Morgan fingerprint density at radius 1 is 1.07 bits per heavy atom. The summed E-state index contributed by atoms with van der Waals surface area (Å²) in [7, 11) is 3.83. The fourth-order valence-corrected chi connectivity index (χ4v) is 8.27. The van der Waals surface area contributed by atoms with E-state index in [9.17, 15) is 18.0 Å². The number of carbonyl (C=O) groups is 1. The second kappa shape index (κ2) is 14.9. The van der Waals surface area contributed by atoms with Crippen LogP contribution < -0.4 is 25.8 Å². The van der Waals surface area contributed by atoms with E-state index in [1.807, 2.05) is 26.0 Å². The molecule has 15 heteroatoms. The molecule has 4 aromatic rings. The van der Waals surface area contributed by atoms with Crippen LogP contribution in [0.4, 0.5) is 30.4 Å². The van der Waals surface area contributed by atoms with Gasteiger partial charge >= 0.3 is 6.36 Å². The van der Waals surface area contributed by atoms with E-state index >= 15 is 0 Å². The molecule has 0 unspecified atom stereocenters. The highest BCUT2D eigenvalue weighted by molar-refractivity contribution is 5.94. The standard InChI is InChI=1S/C39H48F3N7O5/c1-22-14-27(51-5)8-7-24(22)19-44-36-29-12-13-49(37(29)46-21-45-36)32-17-25(34-35(32)54-38(2,3)53-34)20-48(4)26-15-23(16-26)6-11-33(50)47-31-10-9-28(18-30(31)43)52-39(40,41)42/h7-10,12-14,18,21,23,25-26,32,34-35H,6,11,15-17,19-20,43H2,1-5H3,(H,47,50)(H,44,45,46)/t23?,25-,26?,32-,34-,35+/m1/s1. The lowest BCUT2D eigenvalue weighted by Crippen LogP contribution is -2.46. The first-order valence-electron chi connectivity index (χ1n) is 18.4. The van der Waals surface area contributed by atoms with Gasteiger partial charge in [-0.05, 0) is 101 Å². The number of ether oxygens (including phenoxy) is 4. The molecule has 3 aliphatic rings. The number of hydrogen-bond acceptors (Lipinski definition) is 10. The summed E-state index contributed by atoms with van der Waals surface area (Å²) >= 11 is 0. The average molecular weight is 752 g/mol. The van der Waals surface area contributed by atoms with Gasteiger partial charge in [-0.1, -0.05) is 6.07 Å². The molecule has 290 valence electrons. The zero-order valence-corrected chi connectivity index (χ0v) is 31.2. The third-order valence-electron chi connectivity index (χ3n) is 11.1. The molecular formula is C39H48F3N7O5. The van der Waals surface area contributed by atoms with Crippen molar-refractivity contribution >= 4 is 34.1 Å². The van der Waals surface area contributed by atoms with Gasteiger partial charge in [0.25, 0.3) is 0 Å². The van der Waals surface area contributed by atoms with Crippen molar-refractivity contribution in [1.82, 2.24) is 19.4 Å². The second-order valence-corrected chi connectivity index (χ2v) is 15.3. The molecule has 0 bridgehead atoms. The van der Waals surface area contributed by atoms with Crippen LogP contribution >= 0.6 is 0 Å². The summed E-state index contributed by atoms with van der Waals surface area (Å²) in [5.74, 6) is 0.884. The van der Waals surface area contributed by atoms with Crippen LogP contribution in [0.25, 0.3) is 11.0 Å². The van der Waals surface area contributed by atoms with Crippen LogP contribution in [0.3, 0.4) is 0 Å². The van der Waals surface area contributed by atoms with Crippen LogP contribution in [0.1, 0.15) is 63.1 Å². The lowest BCUT2D eigenvalue weighted by atomic mass is 9.76. The molecule has 0 spiro atoms. The van der Waals surface area contributed by atoms with Crippen LogP contribution in [0.2, 0.25) is 0 Å². The fraction of sp³-hybridized carbons (Fsp3) is 0.513. The Labute approximate surface area is 312 Å². The molecule has 3 fully saturated rings. The van der Waals surface area contributed by atoms with Crippen LogP contribution in [-0.4, -0.2) is 76.4 Å². The number of fused-ring (bicyclic) bond motifs is 2. The summed E-state index contributed by atoms with van der Waals surface area (Å²) in [6, 6.07) is 12.0. The molecule has 0 radical (unpaired) electrons. The highest BCUT2D eigenvalue weighted by atomic mass is 19.4. The molecule has 2 aromatic heterocycles. The van der Waals surface area contributed by atoms with Crippen molar-refractivity contribution in [2.75, 3.05) is 37.1 Å². The van der Waals surface area contributed by atoms with Crippen molar-refractivity contribution in [1.29, 1.82) is 0 Å². The number of halogens is 3. The smallest absolute Gasteiger partial charge is 0.497 e. The van der Waals surface area contributed by atoms with Gasteiger partial charge in [-0.15, -0.1) is 13.2 Å². The van der Waals surface area contributed by atoms with E-state index in [4.69, 9.17) is 24.9 Å². The average Bonchev–Trinajstić information content (AvgIpc) is 3.75. The van der Waals surface area contributed by atoms with Gasteiger partial charge in [-0.2, -0.15) is 0 Å². The predicted molar refractivity (Wildman–Crippen MR) is 198 cm³/mol. The third-order valence-corrected chi connectivity index (χ3v) is 11.1. The molecule has 2 aliphatic carbocycles. The molecule has 7 rings (SSSR count). The first-order valence-corrected chi connectivity index (χ1v) is 18.4. The summed E-state index contributed by atoms with van der Waals surface area (Å²) in [4.78, 5) is 24.4. The van der Waals surface area contributed by atoms with Crippen molar-refractivity contribution in [3.63, 3.8) is 0 Å². The topological polar surface area (TPSA) is 138 Å². The molecule has 2 aromatic carbocycles. The molecule has 4 atom stereocenters. The minimum atomic E-state index is -4.82. The first-order chi connectivity index (χ1) is 25.7. The molecule has 3 heterocycles. The number of aromatic nitrogens is 3. The lowest BCUT2D eigenvalue weighted by molar-refractivity contribution is -0.274.